The largest absolute Gasteiger partial charge is 0.480 e. The monoisotopic (exact) mass is 198 g/mol. The second-order valence-corrected chi connectivity index (χ2v) is 2.66. The van der Waals surface area contributed by atoms with E-state index in [1.54, 1.807) is 0 Å². The van der Waals surface area contributed by atoms with Gasteiger partial charge in [0.05, 0.1) is 7.11 Å². The lowest BCUT2D eigenvalue weighted by Crippen LogP contribution is -2.00. The Morgan fingerprint density at radius 3 is 2.64 bits per heavy atom. The molecule has 0 unspecified atom stereocenters. The van der Waals surface area contributed by atoms with Crippen LogP contribution in [0.25, 0.3) is 0 Å². The third kappa shape index (κ3) is 1.79. The molecule has 0 aromatic carbocycles. The minimum absolute atomic E-state index is 0.0617. The number of pyridine rings is 1. The average molecular weight is 198 g/mol. The molecule has 0 spiro atoms. The van der Waals surface area contributed by atoms with Crippen LogP contribution < -0.4 is 4.74 Å². The number of nitrogens with zero attached hydrogens (tertiary/aromatic N) is 2. The minimum Gasteiger partial charge on any atom is -0.480 e. The highest BCUT2D eigenvalue weighted by Gasteiger charge is 2.16. The van der Waals surface area contributed by atoms with Crippen LogP contribution in [0.1, 0.15) is 23.2 Å². The SMILES string of the molecule is COc1nc(C(F)F)c(C)cc1C#N. The standard InChI is InChI=1S/C9H8F2N2O/c1-5-3-6(4-12)9(14-2)13-7(5)8(10)11/h3,8H,1-2H3. The second-order valence-electron chi connectivity index (χ2n) is 2.66. The van der Waals surface area contributed by atoms with E-state index in [9.17, 15) is 8.78 Å². The molecule has 0 radical (unpaired) electrons. The van der Waals surface area contributed by atoms with Crippen molar-refractivity contribution in [1.82, 2.24) is 4.98 Å². The lowest BCUT2D eigenvalue weighted by atomic mass is 10.1. The van der Waals surface area contributed by atoms with Gasteiger partial charge in [0.2, 0.25) is 5.88 Å². The maximum absolute atomic E-state index is 12.4. The van der Waals surface area contributed by atoms with Crippen LogP contribution in [0.4, 0.5) is 8.78 Å². The summed E-state index contributed by atoms with van der Waals surface area (Å²) in [6.45, 7) is 1.48. The lowest BCUT2D eigenvalue weighted by molar-refractivity contribution is 0.144. The third-order valence-electron chi connectivity index (χ3n) is 1.74. The summed E-state index contributed by atoms with van der Waals surface area (Å²) in [7, 11) is 1.29. The summed E-state index contributed by atoms with van der Waals surface area (Å²) in [5.74, 6) is -0.0617. The van der Waals surface area contributed by atoms with E-state index in [-0.39, 0.29) is 22.7 Å². The van der Waals surface area contributed by atoms with Gasteiger partial charge in [-0.25, -0.2) is 13.8 Å². The Bertz CT molecular complexity index is 384. The summed E-state index contributed by atoms with van der Waals surface area (Å²) in [6.07, 6.45) is -2.66. The summed E-state index contributed by atoms with van der Waals surface area (Å²) in [4.78, 5) is 3.57. The zero-order valence-corrected chi connectivity index (χ0v) is 7.71. The van der Waals surface area contributed by atoms with Gasteiger partial charge in [-0.2, -0.15) is 5.26 Å². The van der Waals surface area contributed by atoms with Crippen molar-refractivity contribution in [1.29, 1.82) is 5.26 Å². The molecule has 5 heteroatoms. The third-order valence-corrected chi connectivity index (χ3v) is 1.74. The van der Waals surface area contributed by atoms with Crippen LogP contribution in [0.3, 0.4) is 0 Å². The predicted molar refractivity (Wildman–Crippen MR) is 45.2 cm³/mol. The first kappa shape index (κ1) is 10.4. The Morgan fingerprint density at radius 1 is 1.57 bits per heavy atom. The molecule has 0 bridgehead atoms. The van der Waals surface area contributed by atoms with Crippen molar-refractivity contribution in [3.05, 3.63) is 22.9 Å². The molecule has 0 amide bonds. The van der Waals surface area contributed by atoms with Gasteiger partial charge in [-0.15, -0.1) is 0 Å². The Balaban J connectivity index is 3.32. The first-order valence-electron chi connectivity index (χ1n) is 3.84. The molecule has 3 nitrogen and oxygen atoms in total. The van der Waals surface area contributed by atoms with Crippen LogP contribution >= 0.6 is 0 Å². The molecular weight excluding hydrogens is 190 g/mol. The molecule has 0 atom stereocenters. The van der Waals surface area contributed by atoms with E-state index in [4.69, 9.17) is 10.00 Å². The molecule has 14 heavy (non-hydrogen) atoms. The Labute approximate surface area is 79.9 Å². The van der Waals surface area contributed by atoms with Gasteiger partial charge < -0.3 is 4.74 Å². The minimum atomic E-state index is -2.66. The molecule has 0 N–H and O–H groups in total. The van der Waals surface area contributed by atoms with E-state index in [1.807, 2.05) is 6.07 Å². The molecule has 0 saturated heterocycles. The van der Waals surface area contributed by atoms with E-state index in [1.165, 1.54) is 20.1 Å². The molecule has 74 valence electrons. The average Bonchev–Trinajstić information content (AvgIpc) is 2.16. The molecule has 0 aliphatic heterocycles. The fraction of sp³-hybridized carbons (Fsp3) is 0.333. The topological polar surface area (TPSA) is 45.9 Å². The molecule has 0 fully saturated rings. The zero-order valence-electron chi connectivity index (χ0n) is 7.71. The lowest BCUT2D eigenvalue weighted by Gasteiger charge is -2.07. The van der Waals surface area contributed by atoms with E-state index in [2.05, 4.69) is 4.98 Å². The number of hydrogen-bond donors (Lipinski definition) is 0. The van der Waals surface area contributed by atoms with Crippen molar-refractivity contribution in [3.8, 4) is 11.9 Å². The maximum atomic E-state index is 12.4. The van der Waals surface area contributed by atoms with Gasteiger partial charge in [0.25, 0.3) is 6.43 Å². The normalized spacial score (nSPS) is 10.0. The van der Waals surface area contributed by atoms with E-state index >= 15 is 0 Å². The number of rotatable bonds is 2. The van der Waals surface area contributed by atoms with Gasteiger partial charge in [-0.3, -0.25) is 0 Å². The molecule has 1 rings (SSSR count). The predicted octanol–water partition coefficient (Wildman–Crippen LogP) is 2.21. The number of halogens is 2. The van der Waals surface area contributed by atoms with Crippen LogP contribution in [0.5, 0.6) is 5.88 Å². The fourth-order valence-electron chi connectivity index (χ4n) is 1.07. The highest BCUT2D eigenvalue weighted by molar-refractivity contribution is 5.42. The van der Waals surface area contributed by atoms with Crippen molar-refractivity contribution >= 4 is 0 Å². The summed E-state index contributed by atoms with van der Waals surface area (Å²) in [6, 6.07) is 3.16. The molecule has 1 heterocycles. The summed E-state index contributed by atoms with van der Waals surface area (Å²) < 4.78 is 29.5. The Kier molecular flexibility index (Phi) is 2.97. The quantitative estimate of drug-likeness (QED) is 0.731. The number of nitriles is 1. The van der Waals surface area contributed by atoms with Crippen LogP contribution in [0.2, 0.25) is 0 Å². The van der Waals surface area contributed by atoms with Crippen LogP contribution in [-0.4, -0.2) is 12.1 Å². The highest BCUT2D eigenvalue weighted by atomic mass is 19.3. The second kappa shape index (κ2) is 4.01. The molecule has 0 aliphatic rings. The van der Waals surface area contributed by atoms with Crippen LogP contribution in [-0.2, 0) is 0 Å². The van der Waals surface area contributed by atoms with Gasteiger partial charge in [0, 0.05) is 0 Å². The van der Waals surface area contributed by atoms with Gasteiger partial charge in [0.1, 0.15) is 17.3 Å². The molecular formula is C9H8F2N2O. The number of aryl methyl sites for hydroxylation is 1. The van der Waals surface area contributed by atoms with Crippen molar-refractivity contribution in [2.24, 2.45) is 0 Å². The molecule has 0 aliphatic carbocycles. The number of methoxy groups -OCH3 is 1. The van der Waals surface area contributed by atoms with Crippen LogP contribution in [0, 0.1) is 18.3 Å². The number of aromatic nitrogens is 1. The van der Waals surface area contributed by atoms with E-state index in [0.717, 1.165) is 0 Å². The van der Waals surface area contributed by atoms with Crippen molar-refractivity contribution in [2.75, 3.05) is 7.11 Å². The Morgan fingerprint density at radius 2 is 2.21 bits per heavy atom. The number of ether oxygens (including phenoxy) is 1. The van der Waals surface area contributed by atoms with Crippen molar-refractivity contribution in [3.63, 3.8) is 0 Å². The van der Waals surface area contributed by atoms with Gasteiger partial charge >= 0.3 is 0 Å². The Hall–Kier alpha value is -1.70. The number of hydrogen-bond acceptors (Lipinski definition) is 3. The summed E-state index contributed by atoms with van der Waals surface area (Å²) >= 11 is 0. The molecule has 1 aromatic heterocycles. The van der Waals surface area contributed by atoms with Gasteiger partial charge in [-0.1, -0.05) is 0 Å². The van der Waals surface area contributed by atoms with E-state index < -0.39 is 6.43 Å². The fourth-order valence-corrected chi connectivity index (χ4v) is 1.07. The summed E-state index contributed by atoms with van der Waals surface area (Å²) in [5, 5.41) is 8.65. The van der Waals surface area contributed by atoms with Crippen molar-refractivity contribution < 1.29 is 13.5 Å². The summed E-state index contributed by atoms with van der Waals surface area (Å²) in [5.41, 5.74) is 0.104. The molecule has 1 aromatic rings. The first-order chi connectivity index (χ1) is 6.60. The smallest absolute Gasteiger partial charge is 0.280 e. The van der Waals surface area contributed by atoms with Crippen molar-refractivity contribution in [2.45, 2.75) is 13.3 Å². The van der Waals surface area contributed by atoms with Crippen LogP contribution in [0.15, 0.2) is 6.07 Å². The highest BCUT2D eigenvalue weighted by Crippen LogP contribution is 2.25. The molecule has 0 saturated carbocycles. The van der Waals surface area contributed by atoms with Gasteiger partial charge in [-0.05, 0) is 18.6 Å². The first-order valence-corrected chi connectivity index (χ1v) is 3.84. The van der Waals surface area contributed by atoms with Gasteiger partial charge in [0.15, 0.2) is 0 Å². The number of alkyl halides is 2. The zero-order chi connectivity index (χ0) is 10.7. The maximum Gasteiger partial charge on any atom is 0.280 e. The van der Waals surface area contributed by atoms with E-state index in [0.29, 0.717) is 0 Å².